The van der Waals surface area contributed by atoms with E-state index < -0.39 is 6.09 Å². The van der Waals surface area contributed by atoms with Crippen molar-refractivity contribution < 1.29 is 9.53 Å². The number of nitrogens with two attached hydrogens (primary N) is 1. The number of carbonyl (C=O) groups excluding carboxylic acids is 1. The fourth-order valence-electron chi connectivity index (χ4n) is 1.38. The van der Waals surface area contributed by atoms with Crippen molar-refractivity contribution in [1.82, 2.24) is 0 Å². The molecule has 1 atom stereocenters. The molecule has 2 N–H and O–H groups in total. The number of rotatable bonds is 1. The summed E-state index contributed by atoms with van der Waals surface area (Å²) in [5.74, 6) is 0. The summed E-state index contributed by atoms with van der Waals surface area (Å²) in [7, 11) is 0. The first kappa shape index (κ1) is 9.10. The molecule has 1 aliphatic rings. The Morgan fingerprint density at radius 1 is 1.42 bits per heavy atom. The van der Waals surface area contributed by atoms with Gasteiger partial charge in [-0.3, -0.25) is 0 Å². The molecule has 0 aromatic carbocycles. The Morgan fingerprint density at radius 2 is 2.25 bits per heavy atom. The fraction of sp³-hybridized carbons (Fsp3) is 0.667. The molecule has 0 saturated carbocycles. The summed E-state index contributed by atoms with van der Waals surface area (Å²) in [6.07, 6.45) is 8.77. The van der Waals surface area contributed by atoms with E-state index in [9.17, 15) is 4.79 Å². The van der Waals surface area contributed by atoms with E-state index in [0.29, 0.717) is 0 Å². The predicted octanol–water partition coefficient (Wildman–Crippen LogP) is 1.97. The maximum absolute atomic E-state index is 10.4. The van der Waals surface area contributed by atoms with Crippen LogP contribution in [0.1, 0.15) is 32.1 Å². The molecule has 0 spiro atoms. The van der Waals surface area contributed by atoms with Crippen LogP contribution in [0.15, 0.2) is 12.2 Å². The topological polar surface area (TPSA) is 52.3 Å². The van der Waals surface area contributed by atoms with Crippen LogP contribution in [-0.4, -0.2) is 12.2 Å². The second kappa shape index (κ2) is 4.80. The van der Waals surface area contributed by atoms with Crippen molar-refractivity contribution in [2.45, 2.75) is 38.2 Å². The summed E-state index contributed by atoms with van der Waals surface area (Å²) >= 11 is 0. The highest BCUT2D eigenvalue weighted by molar-refractivity contribution is 5.65. The number of hydrogen-bond donors (Lipinski definition) is 1. The van der Waals surface area contributed by atoms with Gasteiger partial charge in [-0.1, -0.05) is 12.5 Å². The Kier molecular flexibility index (Phi) is 3.64. The molecule has 3 nitrogen and oxygen atoms in total. The van der Waals surface area contributed by atoms with Gasteiger partial charge in [0.05, 0.1) is 0 Å². The highest BCUT2D eigenvalue weighted by atomic mass is 16.6. The first-order valence-corrected chi connectivity index (χ1v) is 4.42. The molecule has 0 aliphatic heterocycles. The molecule has 0 heterocycles. The molecule has 0 saturated heterocycles. The number of primary amides is 1. The lowest BCUT2D eigenvalue weighted by atomic mass is 10.0. The van der Waals surface area contributed by atoms with Crippen molar-refractivity contribution in [3.05, 3.63) is 12.2 Å². The molecule has 1 rings (SSSR count). The van der Waals surface area contributed by atoms with Crippen LogP contribution in [0.2, 0.25) is 0 Å². The zero-order valence-electron chi connectivity index (χ0n) is 7.16. The molecule has 0 aromatic rings. The summed E-state index contributed by atoms with van der Waals surface area (Å²) in [5.41, 5.74) is 4.92. The zero-order chi connectivity index (χ0) is 8.81. The number of amides is 1. The predicted molar refractivity (Wildman–Crippen MR) is 46.7 cm³/mol. The second-order valence-electron chi connectivity index (χ2n) is 3.04. The average molecular weight is 169 g/mol. The Labute approximate surface area is 72.6 Å². The highest BCUT2D eigenvalue weighted by Crippen LogP contribution is 2.13. The van der Waals surface area contributed by atoms with Crippen LogP contribution in [0, 0.1) is 0 Å². The molecule has 0 bridgehead atoms. The van der Waals surface area contributed by atoms with Crippen molar-refractivity contribution in [2.24, 2.45) is 5.73 Å². The molecule has 12 heavy (non-hydrogen) atoms. The smallest absolute Gasteiger partial charge is 0.405 e. The van der Waals surface area contributed by atoms with Gasteiger partial charge in [-0.25, -0.2) is 4.79 Å². The van der Waals surface area contributed by atoms with Crippen molar-refractivity contribution >= 4 is 6.09 Å². The fourth-order valence-corrected chi connectivity index (χ4v) is 1.38. The first-order valence-electron chi connectivity index (χ1n) is 4.42. The zero-order valence-corrected chi connectivity index (χ0v) is 7.16. The summed E-state index contributed by atoms with van der Waals surface area (Å²) < 4.78 is 4.88. The Bertz CT molecular complexity index is 177. The van der Waals surface area contributed by atoms with E-state index >= 15 is 0 Å². The van der Waals surface area contributed by atoms with Gasteiger partial charge in [0.25, 0.3) is 0 Å². The van der Waals surface area contributed by atoms with Crippen LogP contribution in [0.4, 0.5) is 4.79 Å². The summed E-state index contributed by atoms with van der Waals surface area (Å²) in [5, 5.41) is 0. The van der Waals surface area contributed by atoms with Crippen LogP contribution >= 0.6 is 0 Å². The molecule has 1 amide bonds. The third-order valence-electron chi connectivity index (χ3n) is 1.98. The maximum Gasteiger partial charge on any atom is 0.405 e. The molecule has 0 radical (unpaired) electrons. The van der Waals surface area contributed by atoms with Gasteiger partial charge in [-0.15, -0.1) is 0 Å². The molecular formula is C9H15NO2. The minimum atomic E-state index is -0.676. The standard InChI is InChI=1S/C9H15NO2/c10-9(11)12-8-6-4-2-1-3-5-7-8/h4,6,8H,1-3,5,7H2,(H2,10,11)/b6-4+. The van der Waals surface area contributed by atoms with E-state index in [2.05, 4.69) is 6.08 Å². The van der Waals surface area contributed by atoms with Crippen LogP contribution in [0.3, 0.4) is 0 Å². The van der Waals surface area contributed by atoms with Crippen molar-refractivity contribution in [3.8, 4) is 0 Å². The van der Waals surface area contributed by atoms with E-state index in [-0.39, 0.29) is 6.10 Å². The lowest BCUT2D eigenvalue weighted by Crippen LogP contribution is -2.21. The van der Waals surface area contributed by atoms with Gasteiger partial charge in [0.2, 0.25) is 0 Å². The second-order valence-corrected chi connectivity index (χ2v) is 3.04. The number of allylic oxidation sites excluding steroid dienone is 1. The van der Waals surface area contributed by atoms with Gasteiger partial charge in [0.1, 0.15) is 6.10 Å². The van der Waals surface area contributed by atoms with Gasteiger partial charge in [-0.05, 0) is 31.8 Å². The van der Waals surface area contributed by atoms with E-state index in [4.69, 9.17) is 10.5 Å². The lowest BCUT2D eigenvalue weighted by molar-refractivity contribution is 0.123. The van der Waals surface area contributed by atoms with Gasteiger partial charge in [0, 0.05) is 0 Å². The molecule has 68 valence electrons. The van der Waals surface area contributed by atoms with Crippen molar-refractivity contribution in [1.29, 1.82) is 0 Å². The molecular weight excluding hydrogens is 154 g/mol. The van der Waals surface area contributed by atoms with Crippen LogP contribution in [-0.2, 0) is 4.74 Å². The van der Waals surface area contributed by atoms with Crippen LogP contribution in [0.5, 0.6) is 0 Å². The van der Waals surface area contributed by atoms with Crippen molar-refractivity contribution in [3.63, 3.8) is 0 Å². The Balaban J connectivity index is 2.38. The van der Waals surface area contributed by atoms with Gasteiger partial charge >= 0.3 is 6.09 Å². The van der Waals surface area contributed by atoms with Crippen LogP contribution in [0.25, 0.3) is 0 Å². The summed E-state index contributed by atoms with van der Waals surface area (Å²) in [6, 6.07) is 0. The summed E-state index contributed by atoms with van der Waals surface area (Å²) in [4.78, 5) is 10.4. The van der Waals surface area contributed by atoms with E-state index in [1.165, 1.54) is 12.8 Å². The highest BCUT2D eigenvalue weighted by Gasteiger charge is 2.09. The third-order valence-corrected chi connectivity index (χ3v) is 1.98. The number of hydrogen-bond acceptors (Lipinski definition) is 2. The number of ether oxygens (including phenoxy) is 1. The SMILES string of the molecule is NC(=O)OC1/C=C/CCCCC1. The van der Waals surface area contributed by atoms with E-state index in [0.717, 1.165) is 19.3 Å². The molecule has 0 fully saturated rings. The van der Waals surface area contributed by atoms with Gasteiger partial charge < -0.3 is 10.5 Å². The largest absolute Gasteiger partial charge is 0.442 e. The van der Waals surface area contributed by atoms with Gasteiger partial charge in [-0.2, -0.15) is 0 Å². The van der Waals surface area contributed by atoms with Crippen LogP contribution < -0.4 is 5.73 Å². The average Bonchev–Trinajstić information content (AvgIpc) is 1.93. The normalized spacial score (nSPS) is 26.8. The molecule has 3 heteroatoms. The number of carbonyl (C=O) groups is 1. The quantitative estimate of drug-likeness (QED) is 0.610. The Morgan fingerprint density at radius 3 is 3.00 bits per heavy atom. The monoisotopic (exact) mass is 169 g/mol. The minimum Gasteiger partial charge on any atom is -0.442 e. The van der Waals surface area contributed by atoms with Crippen molar-refractivity contribution in [2.75, 3.05) is 0 Å². The first-order chi connectivity index (χ1) is 5.79. The molecule has 0 aromatic heterocycles. The third kappa shape index (κ3) is 3.42. The Hall–Kier alpha value is -0.990. The van der Waals surface area contributed by atoms with E-state index in [1.54, 1.807) is 0 Å². The lowest BCUT2D eigenvalue weighted by Gasteiger charge is -2.14. The minimum absolute atomic E-state index is 0.0946. The van der Waals surface area contributed by atoms with E-state index in [1.807, 2.05) is 6.08 Å². The summed E-state index contributed by atoms with van der Waals surface area (Å²) in [6.45, 7) is 0. The van der Waals surface area contributed by atoms with Gasteiger partial charge in [0.15, 0.2) is 0 Å². The molecule has 1 unspecified atom stereocenters. The molecule has 1 aliphatic carbocycles. The maximum atomic E-state index is 10.4.